The lowest BCUT2D eigenvalue weighted by Gasteiger charge is -2.33. The Morgan fingerprint density at radius 2 is 1.75 bits per heavy atom. The number of alkyl carbamates (subject to hydrolysis) is 1. The summed E-state index contributed by atoms with van der Waals surface area (Å²) in [7, 11) is 0. The zero-order valence-electron chi connectivity index (χ0n) is 25.0. The molecule has 2 fully saturated rings. The molecule has 1 aliphatic carbocycles. The quantitative estimate of drug-likeness (QED) is 0.253. The van der Waals surface area contributed by atoms with Gasteiger partial charge in [0.15, 0.2) is 11.3 Å². The largest absolute Gasteiger partial charge is 0.446 e. The SMILES string of the molecule is Cc1cc2ncc3cc(-c4ccccc4)c(-c4ccc(CN5CCC(OC(=O)N[C@H]6CCCC[C@@H]6O)CC5)cc4)nc3n2n1. The molecule has 9 heteroatoms. The van der Waals surface area contributed by atoms with Crippen LogP contribution in [0.5, 0.6) is 0 Å². The van der Waals surface area contributed by atoms with Crippen molar-refractivity contribution in [1.82, 2.24) is 29.8 Å². The minimum atomic E-state index is -0.472. The first-order valence-corrected chi connectivity index (χ1v) is 15.7. The average Bonchev–Trinajstić information content (AvgIpc) is 3.44. The van der Waals surface area contributed by atoms with E-state index >= 15 is 0 Å². The number of ether oxygens (including phenoxy) is 1. The number of nitrogens with zero attached hydrogens (tertiary/aromatic N) is 5. The maximum atomic E-state index is 12.4. The maximum Gasteiger partial charge on any atom is 0.407 e. The molecular weight excluding hydrogens is 552 g/mol. The van der Waals surface area contributed by atoms with E-state index in [0.717, 1.165) is 103 Å². The van der Waals surface area contributed by atoms with Crippen molar-refractivity contribution < 1.29 is 14.6 Å². The molecule has 9 nitrogen and oxygen atoms in total. The van der Waals surface area contributed by atoms with Crippen LogP contribution < -0.4 is 5.32 Å². The van der Waals surface area contributed by atoms with Gasteiger partial charge in [-0.15, -0.1) is 0 Å². The number of aryl methyl sites for hydroxylation is 1. The number of rotatable bonds is 6. The summed E-state index contributed by atoms with van der Waals surface area (Å²) in [5.74, 6) is 0. The number of benzene rings is 2. The van der Waals surface area contributed by atoms with Gasteiger partial charge < -0.3 is 15.2 Å². The lowest BCUT2D eigenvalue weighted by Crippen LogP contribution is -2.47. The average molecular weight is 591 g/mol. The number of hydrogen-bond acceptors (Lipinski definition) is 7. The number of carbonyl (C=O) groups is 1. The van der Waals surface area contributed by atoms with E-state index in [1.807, 2.05) is 41.9 Å². The standard InChI is InChI=1S/C35H38N6O3/c1-23-19-32-36-21-27-20-29(25-7-3-2-4-8-25)33(38-34(27)41(32)39-23)26-13-11-24(12-14-26)22-40-17-15-28(16-18-40)44-35(43)37-30-9-5-6-10-31(30)42/h2-4,7-8,11-14,19-21,28,30-31,42H,5-6,9-10,15-18,22H2,1H3,(H,37,43)/t30-,31-/m0/s1. The molecule has 0 radical (unpaired) electrons. The number of nitrogens with one attached hydrogen (secondary N) is 1. The Labute approximate surface area is 256 Å². The summed E-state index contributed by atoms with van der Waals surface area (Å²) < 4.78 is 7.53. The summed E-state index contributed by atoms with van der Waals surface area (Å²) in [5.41, 5.74) is 7.82. The van der Waals surface area contributed by atoms with Gasteiger partial charge in [-0.05, 0) is 49.8 Å². The third kappa shape index (κ3) is 6.02. The minimum absolute atomic E-state index is 0.0926. The van der Waals surface area contributed by atoms with Crippen LogP contribution in [0.3, 0.4) is 0 Å². The number of amides is 1. The van der Waals surface area contributed by atoms with Crippen LogP contribution in [0.4, 0.5) is 4.79 Å². The fraction of sp³-hybridized carbons (Fsp3) is 0.371. The molecular formula is C35H38N6O3. The molecule has 3 aromatic heterocycles. The summed E-state index contributed by atoms with van der Waals surface area (Å²) in [5, 5.41) is 18.6. The lowest BCUT2D eigenvalue weighted by atomic mass is 9.93. The number of fused-ring (bicyclic) bond motifs is 3. The van der Waals surface area contributed by atoms with Gasteiger partial charge in [0.05, 0.1) is 23.5 Å². The normalized spacial score (nSPS) is 19.8. The van der Waals surface area contributed by atoms with Crippen molar-refractivity contribution >= 4 is 22.8 Å². The topological polar surface area (TPSA) is 105 Å². The fourth-order valence-electron chi connectivity index (χ4n) is 6.54. The van der Waals surface area contributed by atoms with Crippen molar-refractivity contribution in [2.45, 2.75) is 70.2 Å². The van der Waals surface area contributed by atoms with Crippen LogP contribution in [-0.2, 0) is 11.3 Å². The Hall–Kier alpha value is -4.34. The van der Waals surface area contributed by atoms with Crippen LogP contribution in [0.1, 0.15) is 49.8 Å². The smallest absolute Gasteiger partial charge is 0.407 e. The van der Waals surface area contributed by atoms with E-state index in [4.69, 9.17) is 9.72 Å². The molecule has 226 valence electrons. The fourth-order valence-corrected chi connectivity index (χ4v) is 6.54. The van der Waals surface area contributed by atoms with Gasteiger partial charge in [-0.1, -0.05) is 67.4 Å². The zero-order valence-corrected chi connectivity index (χ0v) is 25.0. The molecule has 2 N–H and O–H groups in total. The van der Waals surface area contributed by atoms with E-state index in [0.29, 0.717) is 0 Å². The van der Waals surface area contributed by atoms with E-state index in [-0.39, 0.29) is 12.1 Å². The number of piperidine rings is 1. The molecule has 0 spiro atoms. The lowest BCUT2D eigenvalue weighted by molar-refractivity contribution is 0.0362. The molecule has 2 aromatic carbocycles. The van der Waals surface area contributed by atoms with Gasteiger partial charge in [0.2, 0.25) is 0 Å². The van der Waals surface area contributed by atoms with E-state index in [1.165, 1.54) is 5.56 Å². The number of pyridine rings is 1. The number of aliphatic hydroxyl groups excluding tert-OH is 1. The number of hydrogen-bond donors (Lipinski definition) is 2. The Balaban J connectivity index is 1.04. The third-order valence-electron chi connectivity index (χ3n) is 8.94. The highest BCUT2D eigenvalue weighted by Gasteiger charge is 2.27. The van der Waals surface area contributed by atoms with Crippen LogP contribution in [0, 0.1) is 6.92 Å². The summed E-state index contributed by atoms with van der Waals surface area (Å²) in [4.78, 5) is 24.6. The summed E-state index contributed by atoms with van der Waals surface area (Å²) in [6, 6.07) is 23.0. The second-order valence-corrected chi connectivity index (χ2v) is 12.2. The molecule has 5 aromatic rings. The molecule has 7 rings (SSSR count). The zero-order chi connectivity index (χ0) is 30.0. The van der Waals surface area contributed by atoms with Gasteiger partial charge in [0.25, 0.3) is 0 Å². The van der Waals surface area contributed by atoms with Crippen LogP contribution in [0.25, 0.3) is 39.1 Å². The van der Waals surface area contributed by atoms with Crippen LogP contribution in [0.2, 0.25) is 0 Å². The van der Waals surface area contributed by atoms with Gasteiger partial charge in [-0.2, -0.15) is 9.61 Å². The molecule has 1 amide bonds. The maximum absolute atomic E-state index is 12.4. The van der Waals surface area contributed by atoms with Crippen molar-refractivity contribution in [3.8, 4) is 22.4 Å². The second kappa shape index (κ2) is 12.3. The minimum Gasteiger partial charge on any atom is -0.446 e. The summed E-state index contributed by atoms with van der Waals surface area (Å²) >= 11 is 0. The molecule has 2 atom stereocenters. The van der Waals surface area contributed by atoms with Crippen molar-refractivity contribution in [2.75, 3.05) is 13.1 Å². The first-order chi connectivity index (χ1) is 21.5. The molecule has 0 unspecified atom stereocenters. The highest BCUT2D eigenvalue weighted by molar-refractivity contribution is 5.90. The Morgan fingerprint density at radius 1 is 0.977 bits per heavy atom. The van der Waals surface area contributed by atoms with E-state index in [2.05, 4.69) is 62.8 Å². The highest BCUT2D eigenvalue weighted by atomic mass is 16.6. The van der Waals surface area contributed by atoms with Crippen molar-refractivity contribution in [1.29, 1.82) is 0 Å². The van der Waals surface area contributed by atoms with Crippen molar-refractivity contribution in [3.05, 3.63) is 84.2 Å². The highest BCUT2D eigenvalue weighted by Crippen LogP contribution is 2.34. The third-order valence-corrected chi connectivity index (χ3v) is 8.94. The number of likely N-dealkylation sites (tertiary alicyclic amines) is 1. The van der Waals surface area contributed by atoms with Gasteiger partial charge in [0.1, 0.15) is 6.10 Å². The predicted molar refractivity (Wildman–Crippen MR) is 170 cm³/mol. The monoisotopic (exact) mass is 590 g/mol. The van der Waals surface area contributed by atoms with Gasteiger partial charge in [0, 0.05) is 48.4 Å². The first kappa shape index (κ1) is 28.4. The number of aliphatic hydroxyl groups is 1. The first-order valence-electron chi connectivity index (χ1n) is 15.7. The van der Waals surface area contributed by atoms with E-state index < -0.39 is 12.2 Å². The Morgan fingerprint density at radius 3 is 2.52 bits per heavy atom. The molecule has 4 heterocycles. The molecule has 1 aliphatic heterocycles. The second-order valence-electron chi connectivity index (χ2n) is 12.2. The number of aromatic nitrogens is 4. The van der Waals surface area contributed by atoms with Crippen molar-refractivity contribution in [2.24, 2.45) is 0 Å². The van der Waals surface area contributed by atoms with E-state index in [9.17, 15) is 9.90 Å². The van der Waals surface area contributed by atoms with Gasteiger partial charge in [-0.3, -0.25) is 4.90 Å². The summed E-state index contributed by atoms with van der Waals surface area (Å²) in [6.45, 7) is 4.53. The van der Waals surface area contributed by atoms with Crippen LogP contribution >= 0.6 is 0 Å². The Kier molecular flexibility index (Phi) is 7.97. The predicted octanol–water partition coefficient (Wildman–Crippen LogP) is 5.91. The van der Waals surface area contributed by atoms with Crippen LogP contribution in [0.15, 0.2) is 72.9 Å². The van der Waals surface area contributed by atoms with Crippen molar-refractivity contribution in [3.63, 3.8) is 0 Å². The molecule has 0 bridgehead atoms. The summed E-state index contributed by atoms with van der Waals surface area (Å²) in [6.07, 6.45) is 6.10. The molecule has 1 saturated carbocycles. The van der Waals surface area contributed by atoms with Gasteiger partial charge >= 0.3 is 6.09 Å². The van der Waals surface area contributed by atoms with Gasteiger partial charge in [-0.25, -0.2) is 14.8 Å². The Bertz CT molecular complexity index is 1760. The molecule has 1 saturated heterocycles. The molecule has 44 heavy (non-hydrogen) atoms. The number of carbonyl (C=O) groups excluding carboxylic acids is 1. The molecule has 2 aliphatic rings. The van der Waals surface area contributed by atoms with E-state index in [1.54, 1.807) is 0 Å². The van der Waals surface area contributed by atoms with Crippen LogP contribution in [-0.4, -0.2) is 67.0 Å².